The van der Waals surface area contributed by atoms with Crippen molar-refractivity contribution >= 4 is 0 Å². The molecular weight excluding hydrogens is 144 g/mol. The lowest BCUT2D eigenvalue weighted by Crippen LogP contribution is -1.90. The van der Waals surface area contributed by atoms with Crippen molar-refractivity contribution in [1.29, 1.82) is 0 Å². The highest BCUT2D eigenvalue weighted by Gasteiger charge is 1.99. The molecule has 0 spiro atoms. The molecule has 60 valence electrons. The van der Waals surface area contributed by atoms with Crippen LogP contribution in [-0.4, -0.2) is 21.9 Å². The molecule has 1 aromatic carbocycles. The lowest BCUT2D eigenvalue weighted by molar-refractivity contribution is 0.297. The number of phenols is 2. The van der Waals surface area contributed by atoms with Crippen LogP contribution in [0.2, 0.25) is 0 Å². The van der Waals surface area contributed by atoms with Gasteiger partial charge in [-0.3, -0.25) is 0 Å². The molecule has 0 heterocycles. The van der Waals surface area contributed by atoms with Gasteiger partial charge in [0.2, 0.25) is 0 Å². The van der Waals surface area contributed by atoms with Crippen molar-refractivity contribution in [2.75, 3.05) is 6.61 Å². The minimum absolute atomic E-state index is 0.00165. The molecule has 3 nitrogen and oxygen atoms in total. The van der Waals surface area contributed by atoms with E-state index in [4.69, 9.17) is 15.3 Å². The van der Waals surface area contributed by atoms with Crippen molar-refractivity contribution in [3.63, 3.8) is 0 Å². The highest BCUT2D eigenvalue weighted by Crippen LogP contribution is 2.22. The molecule has 0 amide bonds. The van der Waals surface area contributed by atoms with E-state index < -0.39 is 0 Å². The molecule has 0 radical (unpaired) electrons. The molecule has 1 aromatic rings. The molecule has 0 saturated heterocycles. The van der Waals surface area contributed by atoms with Gasteiger partial charge in [-0.15, -0.1) is 0 Å². The Labute approximate surface area is 64.5 Å². The summed E-state index contributed by atoms with van der Waals surface area (Å²) in [5.74, 6) is 0.0586. The number of benzene rings is 1. The molecular formula is C8H10O3. The van der Waals surface area contributed by atoms with Crippen molar-refractivity contribution in [1.82, 2.24) is 0 Å². The van der Waals surface area contributed by atoms with Gasteiger partial charge in [0.15, 0.2) is 0 Å². The molecule has 0 unspecified atom stereocenters. The second-order valence-corrected chi connectivity index (χ2v) is 2.29. The van der Waals surface area contributed by atoms with E-state index >= 15 is 0 Å². The molecule has 0 atom stereocenters. The van der Waals surface area contributed by atoms with E-state index in [-0.39, 0.29) is 18.1 Å². The van der Waals surface area contributed by atoms with Gasteiger partial charge >= 0.3 is 0 Å². The van der Waals surface area contributed by atoms with E-state index in [2.05, 4.69) is 0 Å². The molecule has 0 saturated carbocycles. The average Bonchev–Trinajstić information content (AvgIpc) is 1.95. The maximum atomic E-state index is 9.15. The van der Waals surface area contributed by atoms with Gasteiger partial charge in [-0.1, -0.05) is 6.07 Å². The molecule has 0 fully saturated rings. The van der Waals surface area contributed by atoms with E-state index in [1.807, 2.05) is 0 Å². The van der Waals surface area contributed by atoms with Crippen LogP contribution in [0, 0.1) is 0 Å². The van der Waals surface area contributed by atoms with Gasteiger partial charge in [-0.25, -0.2) is 0 Å². The van der Waals surface area contributed by atoms with Crippen molar-refractivity contribution in [2.24, 2.45) is 0 Å². The molecule has 0 aliphatic rings. The van der Waals surface area contributed by atoms with Crippen molar-refractivity contribution in [3.8, 4) is 11.5 Å². The van der Waals surface area contributed by atoms with Gasteiger partial charge in [-0.2, -0.15) is 0 Å². The third-order valence-electron chi connectivity index (χ3n) is 1.45. The van der Waals surface area contributed by atoms with Crippen LogP contribution in [0.1, 0.15) is 5.56 Å². The zero-order valence-corrected chi connectivity index (χ0v) is 5.99. The van der Waals surface area contributed by atoms with Gasteiger partial charge in [0.25, 0.3) is 0 Å². The van der Waals surface area contributed by atoms with Crippen LogP contribution < -0.4 is 0 Å². The molecule has 0 aliphatic carbocycles. The third-order valence-corrected chi connectivity index (χ3v) is 1.45. The zero-order chi connectivity index (χ0) is 8.27. The van der Waals surface area contributed by atoms with Gasteiger partial charge < -0.3 is 15.3 Å². The van der Waals surface area contributed by atoms with E-state index in [0.29, 0.717) is 12.0 Å². The van der Waals surface area contributed by atoms with Crippen LogP contribution >= 0.6 is 0 Å². The Morgan fingerprint density at radius 3 is 2.45 bits per heavy atom. The Morgan fingerprint density at radius 1 is 1.18 bits per heavy atom. The SMILES string of the molecule is OCCc1ccc(O)cc1O. The average molecular weight is 154 g/mol. The summed E-state index contributed by atoms with van der Waals surface area (Å²) >= 11 is 0. The first-order chi connectivity index (χ1) is 5.24. The van der Waals surface area contributed by atoms with Crippen LogP contribution in [0.4, 0.5) is 0 Å². The Kier molecular flexibility index (Phi) is 2.33. The normalized spacial score (nSPS) is 9.91. The van der Waals surface area contributed by atoms with Crippen LogP contribution in [0.5, 0.6) is 11.5 Å². The number of aromatic hydroxyl groups is 2. The van der Waals surface area contributed by atoms with Crippen molar-refractivity contribution in [3.05, 3.63) is 23.8 Å². The van der Waals surface area contributed by atoms with E-state index in [1.165, 1.54) is 12.1 Å². The summed E-state index contributed by atoms with van der Waals surface area (Å²) in [6, 6.07) is 4.32. The fraction of sp³-hybridized carbons (Fsp3) is 0.250. The predicted molar refractivity (Wildman–Crippen MR) is 40.6 cm³/mol. The summed E-state index contributed by atoms with van der Waals surface area (Å²) in [6.45, 7) is -0.00165. The lowest BCUT2D eigenvalue weighted by atomic mass is 10.1. The number of phenolic OH excluding ortho intramolecular Hbond substituents is 2. The largest absolute Gasteiger partial charge is 0.508 e. The Hall–Kier alpha value is -1.22. The number of hydrogen-bond acceptors (Lipinski definition) is 3. The van der Waals surface area contributed by atoms with E-state index in [0.717, 1.165) is 0 Å². The maximum absolute atomic E-state index is 9.15. The quantitative estimate of drug-likeness (QED) is 0.585. The van der Waals surface area contributed by atoms with Crippen LogP contribution in [-0.2, 0) is 6.42 Å². The molecule has 3 heteroatoms. The van der Waals surface area contributed by atoms with Crippen molar-refractivity contribution in [2.45, 2.75) is 6.42 Å². The van der Waals surface area contributed by atoms with Gasteiger partial charge in [0.05, 0.1) is 0 Å². The van der Waals surface area contributed by atoms with Crippen molar-refractivity contribution < 1.29 is 15.3 Å². The standard InChI is InChI=1S/C8H10O3/c9-4-3-6-1-2-7(10)5-8(6)11/h1-2,5,9-11H,3-4H2. The number of rotatable bonds is 2. The highest BCUT2D eigenvalue weighted by atomic mass is 16.3. The summed E-state index contributed by atoms with van der Waals surface area (Å²) in [5.41, 5.74) is 0.644. The molecule has 0 aliphatic heterocycles. The fourth-order valence-electron chi connectivity index (χ4n) is 0.884. The third kappa shape index (κ3) is 1.85. The first kappa shape index (κ1) is 7.88. The molecule has 1 rings (SSSR count). The van der Waals surface area contributed by atoms with Crippen LogP contribution in [0.25, 0.3) is 0 Å². The van der Waals surface area contributed by atoms with Gasteiger partial charge in [-0.05, 0) is 18.1 Å². The first-order valence-corrected chi connectivity index (χ1v) is 3.36. The minimum atomic E-state index is -0.00165. The van der Waals surface area contributed by atoms with Gasteiger partial charge in [0, 0.05) is 12.7 Å². The Bertz CT molecular complexity index is 245. The van der Waals surface area contributed by atoms with E-state index in [1.54, 1.807) is 6.07 Å². The molecule has 0 aromatic heterocycles. The number of hydrogen-bond donors (Lipinski definition) is 3. The highest BCUT2D eigenvalue weighted by molar-refractivity contribution is 5.38. The summed E-state index contributed by atoms with van der Waals surface area (Å²) in [7, 11) is 0. The molecule has 11 heavy (non-hydrogen) atoms. The second kappa shape index (κ2) is 3.25. The van der Waals surface area contributed by atoms with Crippen LogP contribution in [0.15, 0.2) is 18.2 Å². The number of aliphatic hydroxyl groups excluding tert-OH is 1. The predicted octanol–water partition coefficient (Wildman–Crippen LogP) is 0.633. The zero-order valence-electron chi connectivity index (χ0n) is 5.99. The number of aliphatic hydroxyl groups is 1. The smallest absolute Gasteiger partial charge is 0.122 e. The maximum Gasteiger partial charge on any atom is 0.122 e. The summed E-state index contributed by atoms with van der Waals surface area (Å²) in [6.07, 6.45) is 0.409. The lowest BCUT2D eigenvalue weighted by Gasteiger charge is -2.01. The summed E-state index contributed by atoms with van der Waals surface area (Å²) in [5, 5.41) is 26.6. The van der Waals surface area contributed by atoms with Crippen LogP contribution in [0.3, 0.4) is 0 Å². The Balaban J connectivity index is 2.90. The summed E-state index contributed by atoms with van der Waals surface area (Å²) < 4.78 is 0. The Morgan fingerprint density at radius 2 is 1.91 bits per heavy atom. The second-order valence-electron chi connectivity index (χ2n) is 2.29. The minimum Gasteiger partial charge on any atom is -0.508 e. The fourth-order valence-corrected chi connectivity index (χ4v) is 0.884. The molecule has 0 bridgehead atoms. The summed E-state index contributed by atoms with van der Waals surface area (Å²) in [4.78, 5) is 0. The molecule has 3 N–H and O–H groups in total. The van der Waals surface area contributed by atoms with Gasteiger partial charge in [0.1, 0.15) is 11.5 Å². The topological polar surface area (TPSA) is 60.7 Å². The monoisotopic (exact) mass is 154 g/mol. The van der Waals surface area contributed by atoms with E-state index in [9.17, 15) is 0 Å². The first-order valence-electron chi connectivity index (χ1n) is 3.36.